The Bertz CT molecular complexity index is 415. The number of hydrogen-bond acceptors (Lipinski definition) is 4. The average Bonchev–Trinajstić information content (AvgIpc) is 2.36. The molecule has 1 aromatic heterocycles. The predicted molar refractivity (Wildman–Crippen MR) is 85.1 cm³/mol. The highest BCUT2D eigenvalue weighted by atomic mass is 32.2. The van der Waals surface area contributed by atoms with E-state index < -0.39 is 0 Å². The lowest BCUT2D eigenvalue weighted by molar-refractivity contribution is 0.281. The van der Waals surface area contributed by atoms with E-state index in [-0.39, 0.29) is 12.0 Å². The molecule has 0 aliphatic carbocycles. The standard InChI is InChI=1S/C15H26N2OS/c1-11(10-19-6)17(5)14-8-12(9-18)7-13(16-14)15(2,3)4/h7-8,11,18H,9-10H2,1-6H3. The largest absolute Gasteiger partial charge is 0.392 e. The third-order valence-electron chi connectivity index (χ3n) is 3.25. The molecule has 4 heteroatoms. The molecule has 0 fully saturated rings. The topological polar surface area (TPSA) is 36.4 Å². The molecule has 0 amide bonds. The predicted octanol–water partition coefficient (Wildman–Crippen LogP) is 3.06. The van der Waals surface area contributed by atoms with Crippen LogP contribution in [0.2, 0.25) is 0 Å². The minimum atomic E-state index is -0.0104. The first kappa shape index (κ1) is 16.3. The quantitative estimate of drug-likeness (QED) is 0.900. The molecule has 1 atom stereocenters. The molecule has 0 aliphatic rings. The van der Waals surface area contributed by atoms with Crippen molar-refractivity contribution in [3.05, 3.63) is 23.4 Å². The van der Waals surface area contributed by atoms with Crippen molar-refractivity contribution in [3.8, 4) is 0 Å². The second-order valence-electron chi connectivity index (χ2n) is 6.04. The van der Waals surface area contributed by atoms with E-state index in [1.165, 1.54) is 0 Å². The molecule has 0 bridgehead atoms. The summed E-state index contributed by atoms with van der Waals surface area (Å²) in [5.41, 5.74) is 1.94. The van der Waals surface area contributed by atoms with Gasteiger partial charge in [0.25, 0.3) is 0 Å². The van der Waals surface area contributed by atoms with Crippen LogP contribution in [-0.2, 0) is 12.0 Å². The number of pyridine rings is 1. The normalized spacial score (nSPS) is 13.4. The van der Waals surface area contributed by atoms with Gasteiger partial charge in [0.1, 0.15) is 5.82 Å². The molecule has 0 spiro atoms. The van der Waals surface area contributed by atoms with Gasteiger partial charge >= 0.3 is 0 Å². The Labute approximate surface area is 121 Å². The highest BCUT2D eigenvalue weighted by Gasteiger charge is 2.19. The van der Waals surface area contributed by atoms with Crippen molar-refractivity contribution in [1.82, 2.24) is 4.98 Å². The smallest absolute Gasteiger partial charge is 0.129 e. The summed E-state index contributed by atoms with van der Waals surface area (Å²) >= 11 is 1.83. The van der Waals surface area contributed by atoms with E-state index in [1.807, 2.05) is 23.9 Å². The van der Waals surface area contributed by atoms with E-state index in [0.29, 0.717) is 6.04 Å². The molecule has 1 aromatic rings. The highest BCUT2D eigenvalue weighted by Crippen LogP contribution is 2.25. The molecule has 1 heterocycles. The van der Waals surface area contributed by atoms with Gasteiger partial charge in [0, 0.05) is 30.0 Å². The van der Waals surface area contributed by atoms with Crippen molar-refractivity contribution in [2.24, 2.45) is 0 Å². The van der Waals surface area contributed by atoms with Crippen LogP contribution in [0.4, 0.5) is 5.82 Å². The van der Waals surface area contributed by atoms with E-state index in [4.69, 9.17) is 4.98 Å². The number of nitrogens with zero attached hydrogens (tertiary/aromatic N) is 2. The van der Waals surface area contributed by atoms with E-state index in [9.17, 15) is 5.11 Å². The lowest BCUT2D eigenvalue weighted by atomic mass is 9.91. The first-order valence-corrected chi connectivity index (χ1v) is 8.03. The number of anilines is 1. The molecule has 1 unspecified atom stereocenters. The molecule has 0 aromatic carbocycles. The van der Waals surface area contributed by atoms with Crippen LogP contribution in [0.15, 0.2) is 12.1 Å². The van der Waals surface area contributed by atoms with Crippen molar-refractivity contribution in [2.45, 2.75) is 45.8 Å². The number of aliphatic hydroxyl groups is 1. The van der Waals surface area contributed by atoms with Gasteiger partial charge in [0.05, 0.1) is 6.61 Å². The minimum absolute atomic E-state index is 0.0104. The van der Waals surface area contributed by atoms with E-state index >= 15 is 0 Å². The van der Waals surface area contributed by atoms with Gasteiger partial charge in [-0.05, 0) is 30.9 Å². The van der Waals surface area contributed by atoms with Crippen LogP contribution < -0.4 is 4.90 Å². The lowest BCUT2D eigenvalue weighted by Crippen LogP contribution is -2.32. The van der Waals surface area contributed by atoms with E-state index in [1.54, 1.807) is 0 Å². The molecule has 0 radical (unpaired) electrons. The fourth-order valence-corrected chi connectivity index (χ4v) is 2.51. The number of hydrogen-bond donors (Lipinski definition) is 1. The summed E-state index contributed by atoms with van der Waals surface area (Å²) in [6, 6.07) is 4.40. The molecule has 1 rings (SSSR count). The van der Waals surface area contributed by atoms with Crippen LogP contribution in [0.1, 0.15) is 39.0 Å². The van der Waals surface area contributed by atoms with Crippen molar-refractivity contribution in [3.63, 3.8) is 0 Å². The SMILES string of the molecule is CSCC(C)N(C)c1cc(CO)cc(C(C)(C)C)n1. The van der Waals surface area contributed by atoms with Gasteiger partial charge in [0.15, 0.2) is 0 Å². The van der Waals surface area contributed by atoms with Crippen LogP contribution in [0.5, 0.6) is 0 Å². The molecule has 3 nitrogen and oxygen atoms in total. The molecule has 0 aliphatic heterocycles. The fraction of sp³-hybridized carbons (Fsp3) is 0.667. The summed E-state index contributed by atoms with van der Waals surface area (Å²) < 4.78 is 0. The van der Waals surface area contributed by atoms with Crippen molar-refractivity contribution >= 4 is 17.6 Å². The second-order valence-corrected chi connectivity index (χ2v) is 6.95. The van der Waals surface area contributed by atoms with Crippen LogP contribution in [-0.4, -0.2) is 35.2 Å². The Balaban J connectivity index is 3.13. The van der Waals surface area contributed by atoms with Crippen molar-refractivity contribution < 1.29 is 5.11 Å². The van der Waals surface area contributed by atoms with Crippen LogP contribution in [0.3, 0.4) is 0 Å². The van der Waals surface area contributed by atoms with Crippen molar-refractivity contribution in [2.75, 3.05) is 24.0 Å². The summed E-state index contributed by atoms with van der Waals surface area (Å²) in [7, 11) is 2.07. The second kappa shape index (κ2) is 6.62. The van der Waals surface area contributed by atoms with Gasteiger partial charge in [-0.2, -0.15) is 11.8 Å². The van der Waals surface area contributed by atoms with Gasteiger partial charge in [0.2, 0.25) is 0 Å². The average molecular weight is 282 g/mol. The maximum Gasteiger partial charge on any atom is 0.129 e. The summed E-state index contributed by atoms with van der Waals surface area (Å²) in [6.07, 6.45) is 2.11. The van der Waals surface area contributed by atoms with Crippen molar-refractivity contribution in [1.29, 1.82) is 0 Å². The summed E-state index contributed by atoms with van der Waals surface area (Å²) in [5, 5.41) is 9.43. The Morgan fingerprint density at radius 1 is 1.37 bits per heavy atom. The Morgan fingerprint density at radius 2 is 2.00 bits per heavy atom. The van der Waals surface area contributed by atoms with Gasteiger partial charge < -0.3 is 10.0 Å². The maximum absolute atomic E-state index is 9.43. The number of aliphatic hydroxyl groups excluding tert-OH is 1. The monoisotopic (exact) mass is 282 g/mol. The third-order valence-corrected chi connectivity index (χ3v) is 4.07. The molecule has 1 N–H and O–H groups in total. The zero-order valence-corrected chi connectivity index (χ0v) is 13.7. The molecule has 108 valence electrons. The first-order valence-electron chi connectivity index (χ1n) is 6.63. The molecule has 0 saturated carbocycles. The number of thioether (sulfide) groups is 1. The lowest BCUT2D eigenvalue weighted by Gasteiger charge is -2.28. The van der Waals surface area contributed by atoms with Crippen LogP contribution in [0.25, 0.3) is 0 Å². The Kier molecular flexibility index (Phi) is 5.68. The maximum atomic E-state index is 9.43. The molecule has 19 heavy (non-hydrogen) atoms. The van der Waals surface area contributed by atoms with Gasteiger partial charge in [-0.15, -0.1) is 0 Å². The molecule has 0 saturated heterocycles. The number of aromatic nitrogens is 1. The zero-order chi connectivity index (χ0) is 14.6. The third kappa shape index (κ3) is 4.39. The number of rotatable bonds is 5. The van der Waals surface area contributed by atoms with Gasteiger partial charge in [-0.25, -0.2) is 4.98 Å². The molecular formula is C15H26N2OS. The summed E-state index contributed by atoms with van der Waals surface area (Å²) in [5.74, 6) is 2.00. The van der Waals surface area contributed by atoms with Gasteiger partial charge in [-0.1, -0.05) is 20.8 Å². The Hall–Kier alpha value is -0.740. The summed E-state index contributed by atoms with van der Waals surface area (Å²) in [6.45, 7) is 8.69. The Morgan fingerprint density at radius 3 is 2.47 bits per heavy atom. The minimum Gasteiger partial charge on any atom is -0.392 e. The molecular weight excluding hydrogens is 256 g/mol. The first-order chi connectivity index (χ1) is 8.79. The van der Waals surface area contributed by atoms with E-state index in [2.05, 4.69) is 45.9 Å². The highest BCUT2D eigenvalue weighted by molar-refractivity contribution is 7.98. The van der Waals surface area contributed by atoms with Crippen LogP contribution >= 0.6 is 11.8 Å². The summed E-state index contributed by atoms with van der Waals surface area (Å²) in [4.78, 5) is 6.95. The fourth-order valence-electron chi connectivity index (χ4n) is 1.81. The van der Waals surface area contributed by atoms with Crippen LogP contribution in [0, 0.1) is 0 Å². The zero-order valence-electron chi connectivity index (χ0n) is 12.9. The van der Waals surface area contributed by atoms with Gasteiger partial charge in [-0.3, -0.25) is 0 Å². The van der Waals surface area contributed by atoms with E-state index in [0.717, 1.165) is 22.8 Å².